The van der Waals surface area contributed by atoms with Crippen LogP contribution in [0.5, 0.6) is 0 Å². The zero-order chi connectivity index (χ0) is 14.7. The Hall–Kier alpha value is -1.14. The lowest BCUT2D eigenvalue weighted by atomic mass is 10.1. The Kier molecular flexibility index (Phi) is 5.31. The first kappa shape index (κ1) is 16.9. The third-order valence-corrected chi connectivity index (χ3v) is 1.72. The van der Waals surface area contributed by atoms with Crippen LogP contribution >= 0.6 is 0 Å². The summed E-state index contributed by atoms with van der Waals surface area (Å²) in [5, 5.41) is 18.2. The summed E-state index contributed by atoms with van der Waals surface area (Å²) < 4.78 is 10.5. The second-order valence-electron chi connectivity index (χ2n) is 5.98. The SMILES string of the molecule is CC(C)(C)O[C@H](C(=O)O)[C@H](OC(C)(C)C)C(=O)O. The first-order chi connectivity index (χ1) is 7.83. The highest BCUT2D eigenvalue weighted by molar-refractivity contribution is 5.83. The van der Waals surface area contributed by atoms with Crippen molar-refractivity contribution in [2.45, 2.75) is 65.0 Å². The molecule has 0 aliphatic heterocycles. The molecule has 6 heteroatoms. The van der Waals surface area contributed by atoms with Gasteiger partial charge in [0.25, 0.3) is 0 Å². The number of carboxylic acids is 2. The summed E-state index contributed by atoms with van der Waals surface area (Å²) in [6.07, 6.45) is -3.11. The van der Waals surface area contributed by atoms with Gasteiger partial charge >= 0.3 is 11.9 Å². The minimum atomic E-state index is -1.55. The number of aliphatic carboxylic acids is 2. The van der Waals surface area contributed by atoms with Crippen molar-refractivity contribution < 1.29 is 29.3 Å². The number of hydrogen-bond donors (Lipinski definition) is 2. The molecular formula is C12H22O6. The first-order valence-corrected chi connectivity index (χ1v) is 5.65. The quantitative estimate of drug-likeness (QED) is 0.780. The molecule has 2 atom stereocenters. The number of rotatable bonds is 5. The van der Waals surface area contributed by atoms with Crippen molar-refractivity contribution in [3.8, 4) is 0 Å². The molecular weight excluding hydrogens is 240 g/mol. The largest absolute Gasteiger partial charge is 0.479 e. The van der Waals surface area contributed by atoms with Crippen molar-refractivity contribution in [2.24, 2.45) is 0 Å². The van der Waals surface area contributed by atoms with Crippen LogP contribution in [0.2, 0.25) is 0 Å². The summed E-state index contributed by atoms with van der Waals surface area (Å²) in [6, 6.07) is 0. The third-order valence-electron chi connectivity index (χ3n) is 1.72. The molecule has 0 saturated heterocycles. The number of carbonyl (C=O) groups is 2. The van der Waals surface area contributed by atoms with Gasteiger partial charge in [-0.05, 0) is 41.5 Å². The van der Waals surface area contributed by atoms with Gasteiger partial charge in [-0.1, -0.05) is 0 Å². The third kappa shape index (κ3) is 6.56. The first-order valence-electron chi connectivity index (χ1n) is 5.65. The van der Waals surface area contributed by atoms with E-state index in [-0.39, 0.29) is 0 Å². The molecule has 106 valence electrons. The monoisotopic (exact) mass is 262 g/mol. The summed E-state index contributed by atoms with van der Waals surface area (Å²) in [7, 11) is 0. The van der Waals surface area contributed by atoms with Crippen molar-refractivity contribution >= 4 is 11.9 Å². The van der Waals surface area contributed by atoms with Gasteiger partial charge in [0.2, 0.25) is 0 Å². The molecule has 0 rings (SSSR count). The van der Waals surface area contributed by atoms with E-state index in [0.29, 0.717) is 0 Å². The molecule has 0 fully saturated rings. The Morgan fingerprint density at radius 3 is 1.11 bits per heavy atom. The van der Waals surface area contributed by atoms with Gasteiger partial charge in [-0.3, -0.25) is 0 Å². The molecule has 6 nitrogen and oxygen atoms in total. The van der Waals surface area contributed by atoms with Crippen LogP contribution in [-0.4, -0.2) is 45.6 Å². The van der Waals surface area contributed by atoms with E-state index in [1.807, 2.05) is 0 Å². The normalized spacial score (nSPS) is 16.1. The fourth-order valence-corrected chi connectivity index (χ4v) is 1.25. The van der Waals surface area contributed by atoms with E-state index < -0.39 is 35.3 Å². The van der Waals surface area contributed by atoms with Crippen LogP contribution < -0.4 is 0 Å². The molecule has 0 aromatic heterocycles. The fourth-order valence-electron chi connectivity index (χ4n) is 1.25. The van der Waals surface area contributed by atoms with Crippen molar-refractivity contribution in [1.29, 1.82) is 0 Å². The topological polar surface area (TPSA) is 93.1 Å². The van der Waals surface area contributed by atoms with Gasteiger partial charge in [-0.25, -0.2) is 9.59 Å². The molecule has 0 aliphatic rings. The van der Waals surface area contributed by atoms with Crippen LogP contribution in [0.25, 0.3) is 0 Å². The average Bonchev–Trinajstić information content (AvgIpc) is 2.06. The highest BCUT2D eigenvalue weighted by Crippen LogP contribution is 2.20. The van der Waals surface area contributed by atoms with Crippen molar-refractivity contribution in [3.63, 3.8) is 0 Å². The van der Waals surface area contributed by atoms with Crippen LogP contribution in [0.4, 0.5) is 0 Å². The summed E-state index contributed by atoms with van der Waals surface area (Å²) in [4.78, 5) is 22.3. The van der Waals surface area contributed by atoms with Crippen LogP contribution in [0, 0.1) is 0 Å². The summed E-state index contributed by atoms with van der Waals surface area (Å²) in [6.45, 7) is 9.91. The second kappa shape index (κ2) is 5.67. The summed E-state index contributed by atoms with van der Waals surface area (Å²) >= 11 is 0. The zero-order valence-electron chi connectivity index (χ0n) is 11.7. The molecule has 0 aromatic rings. The maximum atomic E-state index is 11.1. The Bertz CT molecular complexity index is 278. The molecule has 0 bridgehead atoms. The van der Waals surface area contributed by atoms with Gasteiger partial charge in [0.15, 0.2) is 12.2 Å². The maximum absolute atomic E-state index is 11.1. The molecule has 2 N–H and O–H groups in total. The van der Waals surface area contributed by atoms with E-state index in [1.54, 1.807) is 41.5 Å². The van der Waals surface area contributed by atoms with E-state index >= 15 is 0 Å². The Morgan fingerprint density at radius 2 is 1.00 bits per heavy atom. The molecule has 0 heterocycles. The Labute approximate surface area is 107 Å². The molecule has 18 heavy (non-hydrogen) atoms. The highest BCUT2D eigenvalue weighted by Gasteiger charge is 2.40. The summed E-state index contributed by atoms with van der Waals surface area (Å²) in [5.74, 6) is -2.72. The minimum absolute atomic E-state index is 0.780. The smallest absolute Gasteiger partial charge is 0.336 e. The summed E-state index contributed by atoms with van der Waals surface area (Å²) in [5.41, 5.74) is -1.56. The number of hydrogen-bond acceptors (Lipinski definition) is 4. The predicted molar refractivity (Wildman–Crippen MR) is 64.5 cm³/mol. The zero-order valence-corrected chi connectivity index (χ0v) is 11.7. The molecule has 0 radical (unpaired) electrons. The average molecular weight is 262 g/mol. The van der Waals surface area contributed by atoms with E-state index in [9.17, 15) is 9.59 Å². The van der Waals surface area contributed by atoms with E-state index in [2.05, 4.69) is 0 Å². The minimum Gasteiger partial charge on any atom is -0.479 e. The van der Waals surface area contributed by atoms with E-state index in [0.717, 1.165) is 0 Å². The van der Waals surface area contributed by atoms with Crippen LogP contribution in [-0.2, 0) is 19.1 Å². The van der Waals surface area contributed by atoms with Crippen LogP contribution in [0.3, 0.4) is 0 Å². The van der Waals surface area contributed by atoms with Crippen molar-refractivity contribution in [2.75, 3.05) is 0 Å². The van der Waals surface area contributed by atoms with Gasteiger partial charge in [-0.15, -0.1) is 0 Å². The fraction of sp³-hybridized carbons (Fsp3) is 0.833. The van der Waals surface area contributed by atoms with E-state index in [1.165, 1.54) is 0 Å². The highest BCUT2D eigenvalue weighted by atomic mass is 16.6. The molecule has 0 amide bonds. The number of carboxylic acid groups (broad SMARTS) is 2. The molecule has 0 saturated carbocycles. The van der Waals surface area contributed by atoms with Gasteiger partial charge < -0.3 is 19.7 Å². The number of ether oxygens (including phenoxy) is 2. The van der Waals surface area contributed by atoms with E-state index in [4.69, 9.17) is 19.7 Å². The van der Waals surface area contributed by atoms with Crippen molar-refractivity contribution in [3.05, 3.63) is 0 Å². The van der Waals surface area contributed by atoms with Gasteiger partial charge in [0, 0.05) is 0 Å². The Morgan fingerprint density at radius 1 is 0.778 bits per heavy atom. The van der Waals surface area contributed by atoms with Crippen LogP contribution in [0.1, 0.15) is 41.5 Å². The second-order valence-corrected chi connectivity index (χ2v) is 5.98. The standard InChI is InChI=1S/C12H22O6/c1-11(2,3)17-7(9(13)14)8(10(15)16)18-12(4,5)6/h7-8H,1-6H3,(H,13,14)(H,15,16)/t7-,8-/m0/s1. The van der Waals surface area contributed by atoms with Gasteiger partial charge in [-0.2, -0.15) is 0 Å². The maximum Gasteiger partial charge on any atom is 0.336 e. The van der Waals surface area contributed by atoms with Crippen LogP contribution in [0.15, 0.2) is 0 Å². The lowest BCUT2D eigenvalue weighted by Crippen LogP contribution is -2.49. The lowest BCUT2D eigenvalue weighted by Gasteiger charge is -2.32. The molecule has 0 unspecified atom stereocenters. The lowest BCUT2D eigenvalue weighted by molar-refractivity contribution is -0.200. The molecule has 0 aromatic carbocycles. The molecule has 0 spiro atoms. The van der Waals surface area contributed by atoms with Gasteiger partial charge in [0.1, 0.15) is 0 Å². The predicted octanol–water partition coefficient (Wildman–Crippen LogP) is 1.52. The van der Waals surface area contributed by atoms with Gasteiger partial charge in [0.05, 0.1) is 11.2 Å². The Balaban J connectivity index is 5.13. The molecule has 0 aliphatic carbocycles. The van der Waals surface area contributed by atoms with Crippen molar-refractivity contribution in [1.82, 2.24) is 0 Å².